The van der Waals surface area contributed by atoms with Crippen LogP contribution < -0.4 is 4.74 Å². The minimum absolute atomic E-state index is 0.0925. The second-order valence-electron chi connectivity index (χ2n) is 10.3. The van der Waals surface area contributed by atoms with Crippen molar-refractivity contribution in [1.29, 1.82) is 0 Å². The first kappa shape index (κ1) is 27.1. The summed E-state index contributed by atoms with van der Waals surface area (Å²) in [6, 6.07) is 16.4. The quantitative estimate of drug-likeness (QED) is 0.401. The maximum atomic E-state index is 13.2. The van der Waals surface area contributed by atoms with Crippen molar-refractivity contribution < 1.29 is 22.7 Å². The van der Waals surface area contributed by atoms with E-state index in [-0.39, 0.29) is 17.6 Å². The molecule has 1 amide bonds. The number of nitrogens with zero attached hydrogens (tertiary/aromatic N) is 4. The molecule has 2 aliphatic rings. The Morgan fingerprint density at radius 2 is 1.41 bits per heavy atom. The molecule has 2 saturated heterocycles. The highest BCUT2D eigenvalue weighted by Crippen LogP contribution is 2.33. The largest absolute Gasteiger partial charge is 0.457 e. The number of ether oxygens (including phenoxy) is 1. The minimum atomic E-state index is -4.41. The Bertz CT molecular complexity index is 1240. The average Bonchev–Trinajstić information content (AvgIpc) is 2.94. The topological polar surface area (TPSA) is 48.9 Å². The van der Waals surface area contributed by atoms with Gasteiger partial charge < -0.3 is 9.64 Å². The van der Waals surface area contributed by atoms with Crippen LogP contribution in [0.1, 0.15) is 29.5 Å². The smallest absolute Gasteiger partial charge is 0.416 e. The van der Waals surface area contributed by atoms with Crippen LogP contribution in [0.3, 0.4) is 0 Å². The number of carbonyl (C=O) groups excluding carboxylic acids is 1. The van der Waals surface area contributed by atoms with Crippen molar-refractivity contribution in [3.8, 4) is 11.5 Å². The van der Waals surface area contributed by atoms with Gasteiger partial charge >= 0.3 is 6.18 Å². The second-order valence-corrected chi connectivity index (χ2v) is 10.3. The molecule has 9 heteroatoms. The van der Waals surface area contributed by atoms with Gasteiger partial charge in [0.25, 0.3) is 0 Å². The van der Waals surface area contributed by atoms with Crippen molar-refractivity contribution >= 4 is 5.91 Å². The van der Waals surface area contributed by atoms with Gasteiger partial charge in [0.05, 0.1) is 5.56 Å². The number of likely N-dealkylation sites (tertiary alicyclic amines) is 1. The third-order valence-electron chi connectivity index (χ3n) is 7.48. The zero-order chi connectivity index (χ0) is 27.2. The summed E-state index contributed by atoms with van der Waals surface area (Å²) < 4.78 is 44.8. The average molecular weight is 539 g/mol. The minimum Gasteiger partial charge on any atom is -0.457 e. The predicted octanol–water partition coefficient (Wildman–Crippen LogP) is 5.45. The number of amides is 1. The van der Waals surface area contributed by atoms with E-state index in [1.54, 1.807) is 6.07 Å². The number of hydrogen-bond donors (Lipinski definition) is 0. The van der Waals surface area contributed by atoms with E-state index in [0.29, 0.717) is 25.4 Å². The third-order valence-corrected chi connectivity index (χ3v) is 7.48. The van der Waals surface area contributed by atoms with E-state index in [1.165, 1.54) is 17.7 Å². The maximum Gasteiger partial charge on any atom is 0.416 e. The van der Waals surface area contributed by atoms with E-state index < -0.39 is 11.7 Å². The standard InChI is InChI=1S/C30H33F3N4O2/c31-30(32,33)26-4-2-6-28(20-26)39-27-5-1-3-24(19-27)22-36-15-17-37(18-16-36)29(38)25-9-13-35(14-10-25)21-23-7-11-34-12-8-23/h1-8,11-12,19-20,25H,9-10,13-18,21-22H2. The van der Waals surface area contributed by atoms with Crippen LogP contribution in [0.2, 0.25) is 0 Å². The number of aromatic nitrogens is 1. The van der Waals surface area contributed by atoms with Gasteiger partial charge in [-0.2, -0.15) is 13.2 Å². The zero-order valence-corrected chi connectivity index (χ0v) is 21.8. The van der Waals surface area contributed by atoms with E-state index in [0.717, 1.165) is 63.3 Å². The fourth-order valence-electron chi connectivity index (χ4n) is 5.31. The molecule has 0 radical (unpaired) electrons. The predicted molar refractivity (Wildman–Crippen MR) is 142 cm³/mol. The van der Waals surface area contributed by atoms with Crippen molar-refractivity contribution in [3.05, 3.63) is 89.7 Å². The lowest BCUT2D eigenvalue weighted by atomic mass is 9.94. The monoisotopic (exact) mass is 538 g/mol. The number of hydrogen-bond acceptors (Lipinski definition) is 5. The van der Waals surface area contributed by atoms with Gasteiger partial charge in [-0.25, -0.2) is 0 Å². The van der Waals surface area contributed by atoms with Gasteiger partial charge in [-0.1, -0.05) is 18.2 Å². The van der Waals surface area contributed by atoms with Crippen LogP contribution in [-0.4, -0.2) is 64.9 Å². The lowest BCUT2D eigenvalue weighted by molar-refractivity contribution is -0.139. The molecule has 0 spiro atoms. The Morgan fingerprint density at radius 1 is 0.795 bits per heavy atom. The molecule has 3 aromatic rings. The summed E-state index contributed by atoms with van der Waals surface area (Å²) in [6.45, 7) is 6.42. The highest BCUT2D eigenvalue weighted by atomic mass is 19.4. The fraction of sp³-hybridized carbons (Fsp3) is 0.400. The molecule has 0 aliphatic carbocycles. The van der Waals surface area contributed by atoms with E-state index in [2.05, 4.69) is 14.8 Å². The number of benzene rings is 2. The van der Waals surface area contributed by atoms with Crippen molar-refractivity contribution in [2.24, 2.45) is 5.92 Å². The van der Waals surface area contributed by atoms with Crippen molar-refractivity contribution in [2.75, 3.05) is 39.3 Å². The molecule has 1 aromatic heterocycles. The summed E-state index contributed by atoms with van der Waals surface area (Å²) in [5.74, 6) is 1.01. The molecule has 39 heavy (non-hydrogen) atoms. The molecule has 0 unspecified atom stereocenters. The normalized spacial score (nSPS) is 17.8. The number of carbonyl (C=O) groups is 1. The number of piperidine rings is 1. The molecule has 0 bridgehead atoms. The summed E-state index contributed by atoms with van der Waals surface area (Å²) >= 11 is 0. The Balaban J connectivity index is 1.08. The van der Waals surface area contributed by atoms with Crippen LogP contribution in [0.4, 0.5) is 13.2 Å². The molecule has 2 aromatic carbocycles. The highest BCUT2D eigenvalue weighted by molar-refractivity contribution is 5.79. The fourth-order valence-corrected chi connectivity index (χ4v) is 5.31. The highest BCUT2D eigenvalue weighted by Gasteiger charge is 2.31. The van der Waals surface area contributed by atoms with Crippen LogP contribution in [-0.2, 0) is 24.1 Å². The molecule has 6 nitrogen and oxygen atoms in total. The number of rotatable bonds is 7. The molecule has 2 aliphatic heterocycles. The van der Waals surface area contributed by atoms with Crippen molar-refractivity contribution in [3.63, 3.8) is 0 Å². The summed E-state index contributed by atoms with van der Waals surface area (Å²) in [7, 11) is 0. The van der Waals surface area contributed by atoms with Crippen molar-refractivity contribution in [2.45, 2.75) is 32.1 Å². The summed E-state index contributed by atoms with van der Waals surface area (Å²) in [5.41, 5.74) is 1.53. The second kappa shape index (κ2) is 12.2. The van der Waals surface area contributed by atoms with Gasteiger partial charge in [0.15, 0.2) is 0 Å². The Kier molecular flexibility index (Phi) is 8.47. The molecule has 0 saturated carbocycles. The van der Waals surface area contributed by atoms with Crippen LogP contribution in [0.5, 0.6) is 11.5 Å². The van der Waals surface area contributed by atoms with Crippen molar-refractivity contribution in [1.82, 2.24) is 19.7 Å². The molecular formula is C30H33F3N4O2. The molecular weight excluding hydrogens is 505 g/mol. The van der Waals surface area contributed by atoms with E-state index in [4.69, 9.17) is 4.74 Å². The first-order valence-electron chi connectivity index (χ1n) is 13.4. The van der Waals surface area contributed by atoms with Crippen LogP contribution >= 0.6 is 0 Å². The van der Waals surface area contributed by atoms with Crippen LogP contribution in [0.15, 0.2) is 73.1 Å². The van der Waals surface area contributed by atoms with Gasteiger partial charge in [-0.15, -0.1) is 0 Å². The maximum absolute atomic E-state index is 13.2. The SMILES string of the molecule is O=C(C1CCN(Cc2ccncc2)CC1)N1CCN(Cc2cccc(Oc3cccc(C(F)(F)F)c3)c2)CC1. The summed E-state index contributed by atoms with van der Waals surface area (Å²) in [6.07, 6.45) is 1.00. The van der Waals surface area contributed by atoms with Gasteiger partial charge in [0, 0.05) is 57.6 Å². The zero-order valence-electron chi connectivity index (χ0n) is 21.8. The molecule has 0 N–H and O–H groups in total. The number of pyridine rings is 1. The van der Waals surface area contributed by atoms with Crippen LogP contribution in [0.25, 0.3) is 0 Å². The molecule has 5 rings (SSSR count). The Labute approximate surface area is 227 Å². The molecule has 3 heterocycles. The molecule has 0 atom stereocenters. The third kappa shape index (κ3) is 7.36. The first-order valence-corrected chi connectivity index (χ1v) is 13.4. The van der Waals surface area contributed by atoms with E-state index in [9.17, 15) is 18.0 Å². The molecule has 2 fully saturated rings. The van der Waals surface area contributed by atoms with Crippen LogP contribution in [0, 0.1) is 5.92 Å². The lowest BCUT2D eigenvalue weighted by Crippen LogP contribution is -2.51. The summed E-state index contributed by atoms with van der Waals surface area (Å²) in [4.78, 5) is 24.0. The Morgan fingerprint density at radius 3 is 2.10 bits per heavy atom. The number of halogens is 3. The van der Waals surface area contributed by atoms with Gasteiger partial charge in [0.1, 0.15) is 11.5 Å². The van der Waals surface area contributed by atoms with Gasteiger partial charge in [0.2, 0.25) is 5.91 Å². The van der Waals surface area contributed by atoms with Gasteiger partial charge in [-0.05, 0) is 79.5 Å². The first-order chi connectivity index (χ1) is 18.8. The lowest BCUT2D eigenvalue weighted by Gasteiger charge is -2.38. The molecule has 206 valence electrons. The summed E-state index contributed by atoms with van der Waals surface area (Å²) in [5, 5.41) is 0. The number of alkyl halides is 3. The van der Waals surface area contributed by atoms with E-state index >= 15 is 0 Å². The number of piperazine rings is 1. The van der Waals surface area contributed by atoms with Gasteiger partial charge in [-0.3, -0.25) is 19.6 Å². The van der Waals surface area contributed by atoms with E-state index in [1.807, 2.05) is 47.6 Å². The Hall–Kier alpha value is -3.43.